The molecule has 0 aliphatic heterocycles. The van der Waals surface area contributed by atoms with Gasteiger partial charge < -0.3 is 10.0 Å². The van der Waals surface area contributed by atoms with Crippen LogP contribution in [0.15, 0.2) is 0 Å². The van der Waals surface area contributed by atoms with E-state index in [9.17, 15) is 9.59 Å². The van der Waals surface area contributed by atoms with E-state index in [0.717, 1.165) is 0 Å². The third-order valence-corrected chi connectivity index (χ3v) is 2.14. The van der Waals surface area contributed by atoms with Crippen LogP contribution in [-0.2, 0) is 9.59 Å². The largest absolute Gasteiger partial charge is 0.481 e. The fourth-order valence-corrected chi connectivity index (χ4v) is 1.03. The summed E-state index contributed by atoms with van der Waals surface area (Å²) in [6.45, 7) is 2.15. The minimum Gasteiger partial charge on any atom is -0.481 e. The van der Waals surface area contributed by atoms with Crippen LogP contribution in [0.4, 0.5) is 0 Å². The van der Waals surface area contributed by atoms with Crippen LogP contribution in [0.25, 0.3) is 0 Å². The zero-order valence-electron chi connectivity index (χ0n) is 9.15. The molecule has 5 heteroatoms. The van der Waals surface area contributed by atoms with Gasteiger partial charge in [0, 0.05) is 20.6 Å². The molecule has 82 valence electrons. The zero-order chi connectivity index (χ0) is 11.3. The minimum atomic E-state index is -0.846. The predicted molar refractivity (Wildman–Crippen MR) is 53.0 cm³/mol. The normalized spacial score (nSPS) is 12.6. The molecular weight excluding hydrogens is 184 g/mol. The number of carboxylic acid groups (broad SMARTS) is 1. The van der Waals surface area contributed by atoms with E-state index in [1.165, 1.54) is 4.90 Å². The van der Waals surface area contributed by atoms with Crippen LogP contribution in [0.2, 0.25) is 0 Å². The molecule has 0 radical (unpaired) electrons. The molecule has 0 fully saturated rings. The second kappa shape index (κ2) is 5.59. The van der Waals surface area contributed by atoms with Gasteiger partial charge >= 0.3 is 5.97 Å². The molecule has 0 heterocycles. The summed E-state index contributed by atoms with van der Waals surface area (Å²) in [5.41, 5.74) is 0. The summed E-state index contributed by atoms with van der Waals surface area (Å²) < 4.78 is 0. The van der Waals surface area contributed by atoms with E-state index in [1.54, 1.807) is 33.0 Å². The number of carbonyl (C=O) groups excluding carboxylic acids is 1. The van der Waals surface area contributed by atoms with Crippen LogP contribution < -0.4 is 0 Å². The van der Waals surface area contributed by atoms with E-state index in [0.29, 0.717) is 6.54 Å². The molecule has 14 heavy (non-hydrogen) atoms. The molecule has 0 bridgehead atoms. The first-order valence-corrected chi connectivity index (χ1v) is 4.49. The maximum Gasteiger partial charge on any atom is 0.304 e. The van der Waals surface area contributed by atoms with Crippen molar-refractivity contribution in [3.8, 4) is 0 Å². The SMILES string of the molecule is CC(C(=O)N(C)C)N(C)CCC(=O)O. The summed E-state index contributed by atoms with van der Waals surface area (Å²) in [5, 5.41) is 8.47. The highest BCUT2D eigenvalue weighted by atomic mass is 16.4. The molecule has 0 aromatic rings. The highest BCUT2D eigenvalue weighted by Gasteiger charge is 2.19. The maximum absolute atomic E-state index is 11.5. The van der Waals surface area contributed by atoms with Crippen LogP contribution >= 0.6 is 0 Å². The molecule has 0 aliphatic rings. The Morgan fingerprint density at radius 3 is 2.14 bits per heavy atom. The van der Waals surface area contributed by atoms with E-state index in [1.807, 2.05) is 0 Å². The predicted octanol–water partition coefficient (Wildman–Crippen LogP) is -0.130. The quantitative estimate of drug-likeness (QED) is 0.674. The Balaban J connectivity index is 4.04. The summed E-state index contributed by atoms with van der Waals surface area (Å²) in [4.78, 5) is 25.0. The molecule has 1 amide bonds. The van der Waals surface area contributed by atoms with Gasteiger partial charge in [0.15, 0.2) is 0 Å². The molecule has 5 nitrogen and oxygen atoms in total. The lowest BCUT2D eigenvalue weighted by molar-refractivity contribution is -0.139. The van der Waals surface area contributed by atoms with Crippen LogP contribution in [0.1, 0.15) is 13.3 Å². The number of rotatable bonds is 5. The summed E-state index contributed by atoms with van der Waals surface area (Å²) in [6, 6.07) is -0.274. The van der Waals surface area contributed by atoms with Crippen molar-refractivity contribution in [3.05, 3.63) is 0 Å². The van der Waals surface area contributed by atoms with Gasteiger partial charge in [-0.25, -0.2) is 0 Å². The smallest absolute Gasteiger partial charge is 0.304 e. The molecule has 1 atom stereocenters. The number of hydrogen-bond acceptors (Lipinski definition) is 3. The Labute approximate surface area is 84.3 Å². The number of hydrogen-bond donors (Lipinski definition) is 1. The van der Waals surface area contributed by atoms with Crippen molar-refractivity contribution in [3.63, 3.8) is 0 Å². The number of aliphatic carboxylic acids is 1. The van der Waals surface area contributed by atoms with Crippen LogP contribution in [0.5, 0.6) is 0 Å². The molecule has 0 aromatic heterocycles. The Morgan fingerprint density at radius 2 is 1.79 bits per heavy atom. The van der Waals surface area contributed by atoms with Crippen LogP contribution in [0.3, 0.4) is 0 Å². The van der Waals surface area contributed by atoms with Gasteiger partial charge in [-0.05, 0) is 14.0 Å². The Morgan fingerprint density at radius 1 is 1.29 bits per heavy atom. The lowest BCUT2D eigenvalue weighted by atomic mass is 10.2. The van der Waals surface area contributed by atoms with Gasteiger partial charge in [0.2, 0.25) is 5.91 Å². The second-order valence-corrected chi connectivity index (χ2v) is 3.53. The molecule has 1 unspecified atom stereocenters. The van der Waals surface area contributed by atoms with Gasteiger partial charge in [-0.2, -0.15) is 0 Å². The highest BCUT2D eigenvalue weighted by Crippen LogP contribution is 2.00. The molecule has 0 aliphatic carbocycles. The van der Waals surface area contributed by atoms with Gasteiger partial charge in [0.25, 0.3) is 0 Å². The standard InChI is InChI=1S/C9H18N2O3/c1-7(9(14)10(2)3)11(4)6-5-8(12)13/h7H,5-6H2,1-4H3,(H,12,13). The van der Waals surface area contributed by atoms with Gasteiger partial charge in [-0.15, -0.1) is 0 Å². The monoisotopic (exact) mass is 202 g/mol. The first-order valence-electron chi connectivity index (χ1n) is 4.49. The summed E-state index contributed by atoms with van der Waals surface area (Å²) in [5.74, 6) is -0.862. The van der Waals surface area contributed by atoms with Crippen molar-refractivity contribution in [1.82, 2.24) is 9.80 Å². The first-order chi connectivity index (χ1) is 6.36. The zero-order valence-corrected chi connectivity index (χ0v) is 9.15. The van der Waals surface area contributed by atoms with Crippen LogP contribution in [0, 0.1) is 0 Å². The average Bonchev–Trinajstić information content (AvgIpc) is 2.11. The number of carboxylic acids is 1. The van der Waals surface area contributed by atoms with Crippen molar-refractivity contribution in [2.45, 2.75) is 19.4 Å². The van der Waals surface area contributed by atoms with Gasteiger partial charge in [-0.1, -0.05) is 0 Å². The number of likely N-dealkylation sites (N-methyl/N-ethyl adjacent to an activating group) is 2. The first kappa shape index (κ1) is 12.9. The van der Waals surface area contributed by atoms with Gasteiger partial charge in [0.1, 0.15) is 0 Å². The van der Waals surface area contributed by atoms with Crippen molar-refractivity contribution >= 4 is 11.9 Å². The van der Waals surface area contributed by atoms with Crippen molar-refractivity contribution < 1.29 is 14.7 Å². The van der Waals surface area contributed by atoms with Crippen molar-refractivity contribution in [1.29, 1.82) is 0 Å². The molecule has 0 saturated heterocycles. The fourth-order valence-electron chi connectivity index (χ4n) is 1.03. The number of nitrogens with zero attached hydrogens (tertiary/aromatic N) is 2. The molecule has 0 saturated carbocycles. The average molecular weight is 202 g/mol. The molecule has 0 spiro atoms. The third kappa shape index (κ3) is 4.23. The number of carbonyl (C=O) groups is 2. The highest BCUT2D eigenvalue weighted by molar-refractivity contribution is 5.80. The Kier molecular flexibility index (Phi) is 5.15. The van der Waals surface area contributed by atoms with Crippen LogP contribution in [-0.4, -0.2) is 60.5 Å². The molecule has 0 aromatic carbocycles. The lowest BCUT2D eigenvalue weighted by Gasteiger charge is -2.25. The summed E-state index contributed by atoms with van der Waals surface area (Å²) in [6.07, 6.45) is 0.0571. The molecule has 0 rings (SSSR count). The van der Waals surface area contributed by atoms with E-state index in [4.69, 9.17) is 5.11 Å². The van der Waals surface area contributed by atoms with Gasteiger partial charge in [0.05, 0.1) is 12.5 Å². The number of amides is 1. The van der Waals surface area contributed by atoms with E-state index < -0.39 is 5.97 Å². The Bertz CT molecular complexity index is 216. The fraction of sp³-hybridized carbons (Fsp3) is 0.778. The van der Waals surface area contributed by atoms with E-state index in [-0.39, 0.29) is 18.4 Å². The molecular formula is C9H18N2O3. The Hall–Kier alpha value is -1.10. The van der Waals surface area contributed by atoms with Crippen molar-refractivity contribution in [2.75, 3.05) is 27.7 Å². The third-order valence-electron chi connectivity index (χ3n) is 2.14. The van der Waals surface area contributed by atoms with E-state index in [2.05, 4.69) is 0 Å². The van der Waals surface area contributed by atoms with Gasteiger partial charge in [-0.3, -0.25) is 14.5 Å². The summed E-state index contributed by atoms with van der Waals surface area (Å²) >= 11 is 0. The maximum atomic E-state index is 11.5. The lowest BCUT2D eigenvalue weighted by Crippen LogP contribution is -2.43. The molecule has 1 N–H and O–H groups in total. The second-order valence-electron chi connectivity index (χ2n) is 3.53. The minimum absolute atomic E-state index is 0.0158. The van der Waals surface area contributed by atoms with Crippen molar-refractivity contribution in [2.24, 2.45) is 0 Å². The topological polar surface area (TPSA) is 60.9 Å². The summed E-state index contributed by atoms with van der Waals surface area (Å²) in [7, 11) is 5.11. The van der Waals surface area contributed by atoms with E-state index >= 15 is 0 Å².